The van der Waals surface area contributed by atoms with Gasteiger partial charge in [-0.15, -0.1) is 0 Å². The van der Waals surface area contributed by atoms with Crippen molar-refractivity contribution in [2.75, 3.05) is 45.3 Å². The van der Waals surface area contributed by atoms with Crippen molar-refractivity contribution in [1.82, 2.24) is 16.0 Å². The molecule has 1 aromatic rings. The molecule has 3 saturated heterocycles. The number of rotatable bonds is 29. The van der Waals surface area contributed by atoms with E-state index in [2.05, 4.69) is 72.8 Å². The largest absolute Gasteiger partial charge is 0.457 e. The Kier molecular flexibility index (Phi) is 32.3. The average molecular weight is 1450 g/mol. The molecule has 22 nitrogen and oxygen atoms in total. The molecule has 6 aliphatic rings. The van der Waals surface area contributed by atoms with Gasteiger partial charge in [0.15, 0.2) is 0 Å². The molecular weight excluding hydrogens is 1320 g/mol. The molecule has 0 radical (unpaired) electrons. The third kappa shape index (κ3) is 24.9. The zero-order chi connectivity index (χ0) is 75.6. The summed E-state index contributed by atoms with van der Waals surface area (Å²) in [6.07, 6.45) is 19.1. The van der Waals surface area contributed by atoms with E-state index < -0.39 is 107 Å². The molecule has 0 aromatic heterocycles. The van der Waals surface area contributed by atoms with E-state index in [-0.39, 0.29) is 93.0 Å². The molecule has 5 heterocycles. The number of nitrogens with one attached hydrogen (secondary N) is 3. The van der Waals surface area contributed by atoms with Crippen LogP contribution in [0.25, 0.3) is 0 Å². The van der Waals surface area contributed by atoms with Gasteiger partial charge in [-0.1, -0.05) is 128 Å². The van der Waals surface area contributed by atoms with Crippen molar-refractivity contribution in [3.05, 3.63) is 102 Å². The second-order valence-corrected chi connectivity index (χ2v) is 31.4. The predicted octanol–water partition coefficient (Wildman–Crippen LogP) is 9.05. The van der Waals surface area contributed by atoms with E-state index in [1.807, 2.05) is 45.9 Å². The van der Waals surface area contributed by atoms with Crippen LogP contribution in [0.1, 0.15) is 192 Å². The minimum atomic E-state index is -1.52. The van der Waals surface area contributed by atoms with Crippen LogP contribution in [0.15, 0.2) is 96.2 Å². The third-order valence-corrected chi connectivity index (χ3v) is 22.5. The van der Waals surface area contributed by atoms with Gasteiger partial charge in [0.2, 0.25) is 0 Å². The monoisotopic (exact) mass is 1440 g/mol. The van der Waals surface area contributed by atoms with Crippen molar-refractivity contribution in [1.29, 1.82) is 0 Å². The molecule has 23 atom stereocenters. The Bertz CT molecular complexity index is 3040. The number of carbonyl (C=O) groups excluding carboxylic acids is 4. The van der Waals surface area contributed by atoms with E-state index in [9.17, 15) is 49.8 Å². The second-order valence-electron chi connectivity index (χ2n) is 31.4. The Labute approximate surface area is 613 Å². The Morgan fingerprint density at radius 1 is 0.689 bits per heavy atom. The van der Waals surface area contributed by atoms with E-state index >= 15 is 0 Å². The first kappa shape index (κ1) is 85.1. The van der Waals surface area contributed by atoms with Gasteiger partial charge in [-0.05, 0) is 146 Å². The summed E-state index contributed by atoms with van der Waals surface area (Å²) in [6.45, 7) is 26.3. The zero-order valence-electron chi connectivity index (χ0n) is 64.3. The highest BCUT2D eigenvalue weighted by Gasteiger charge is 2.57. The molecule has 22 heteroatoms. The normalized spacial score (nSPS) is 33.6. The first-order valence-corrected chi connectivity index (χ1v) is 38.2. The predicted molar refractivity (Wildman–Crippen MR) is 396 cm³/mol. The highest BCUT2D eigenvalue weighted by molar-refractivity contribution is 5.71. The van der Waals surface area contributed by atoms with E-state index in [0.717, 1.165) is 49.8 Å². The first-order chi connectivity index (χ1) is 48.7. The maximum absolute atomic E-state index is 13.8. The number of epoxide rings is 2. The summed E-state index contributed by atoms with van der Waals surface area (Å²) in [5.74, 6) is -2.75. The molecule has 23 unspecified atom stereocenters. The van der Waals surface area contributed by atoms with Crippen LogP contribution < -0.4 is 20.9 Å². The maximum atomic E-state index is 13.8. The lowest BCUT2D eigenvalue weighted by molar-refractivity contribution is -0.158. The number of benzene rings is 1. The quantitative estimate of drug-likeness (QED) is 0.00902. The summed E-state index contributed by atoms with van der Waals surface area (Å²) in [6, 6.07) is 7.08. The van der Waals surface area contributed by atoms with Gasteiger partial charge < -0.3 is 89.4 Å². The molecule has 0 bridgehead atoms. The van der Waals surface area contributed by atoms with Crippen LogP contribution in [-0.2, 0) is 63.6 Å². The number of piperazine rings is 1. The van der Waals surface area contributed by atoms with Crippen LogP contribution in [0.5, 0.6) is 0 Å². The molecule has 5 aliphatic heterocycles. The number of hydrogen-bond acceptors (Lipinski definition) is 22. The Morgan fingerprint density at radius 2 is 1.17 bits per heavy atom. The standard InChI is InChI=1S/C81H128N4O18/c1-16-64(96-14)54(7)72-74(102-72)76(80(13,94)38-22-24-50(3)70-52(5)28-34-66(98-56(9)86)78(11,92)40-36-62(88)44-68(90)100-70)83-48-59-30-32-61(33-31-59)85-43-42-82-60(49-85)46-81(95,77(84-47-58-26-20-18-19-21-27-58)75-73(103-75)55(8)65(17-2)97-15)39-23-25-51(4)71-53(6)29-35-67(99-57(10)87)79(12,93)41-37-63(89)45-69(91)101-71/h22-25,28-35,38-39,52-55,58,60,62-67,70-77,82-84,88-89,92-95H,16-21,26-27,36-37,40-49H2,1-15H3. The van der Waals surface area contributed by atoms with E-state index in [1.165, 1.54) is 33.6 Å². The summed E-state index contributed by atoms with van der Waals surface area (Å²) in [7, 11) is 3.44. The minimum absolute atomic E-state index is 0.0278. The SMILES string of the molecule is CCC(OC)C(C)C1OC1C(NCc1ccc(N2CCNC(CC(O)(C=CC=C(C)C3OC(=O)CC(O)CCC(C)(O)C(OC(C)=O)C=CC3C)C(NCC3CCCCCC3)C3OC3C(C)C(CC)OC)C2)cc1)C(C)(O)C=CC=C(C)C1OC(=O)CC(O)CCC(C)(O)C(OC(C)=O)C=CC1C. The summed E-state index contributed by atoms with van der Waals surface area (Å²) < 4.78 is 48.2. The minimum Gasteiger partial charge on any atom is -0.457 e. The first-order valence-electron chi connectivity index (χ1n) is 38.2. The number of esters is 4. The summed E-state index contributed by atoms with van der Waals surface area (Å²) in [5.41, 5.74) is -2.70. The van der Waals surface area contributed by atoms with Crippen molar-refractivity contribution < 1.29 is 87.7 Å². The van der Waals surface area contributed by atoms with Crippen molar-refractivity contribution in [3.63, 3.8) is 0 Å². The molecule has 580 valence electrons. The molecule has 7 rings (SSSR count). The number of cyclic esters (lactones) is 2. The van der Waals surface area contributed by atoms with E-state index in [1.54, 1.807) is 70.6 Å². The number of methoxy groups -OCH3 is 2. The number of carbonyl (C=O) groups is 4. The Morgan fingerprint density at radius 3 is 1.63 bits per heavy atom. The van der Waals surface area contributed by atoms with Gasteiger partial charge in [0.1, 0.15) is 53.4 Å². The lowest BCUT2D eigenvalue weighted by Crippen LogP contribution is -2.60. The number of aliphatic hydroxyl groups excluding tert-OH is 2. The second kappa shape index (κ2) is 39.1. The Balaban J connectivity index is 1.14. The molecule has 4 fully saturated rings. The van der Waals surface area contributed by atoms with Crippen molar-refractivity contribution in [2.45, 2.75) is 307 Å². The molecule has 1 aromatic carbocycles. The molecular formula is C81H128N4O18. The molecule has 1 aliphatic carbocycles. The van der Waals surface area contributed by atoms with Gasteiger partial charge in [-0.25, -0.2) is 0 Å². The van der Waals surface area contributed by atoms with Crippen LogP contribution in [-0.4, -0.2) is 209 Å². The molecule has 0 amide bonds. The fraction of sp³-hybridized carbons (Fsp3) is 0.728. The number of anilines is 1. The molecule has 0 spiro atoms. The van der Waals surface area contributed by atoms with Crippen molar-refractivity contribution >= 4 is 29.6 Å². The molecule has 1 saturated carbocycles. The van der Waals surface area contributed by atoms with Gasteiger partial charge in [-0.3, -0.25) is 19.2 Å². The highest BCUT2D eigenvalue weighted by atomic mass is 16.6. The highest BCUT2D eigenvalue weighted by Crippen LogP contribution is 2.43. The van der Waals surface area contributed by atoms with Crippen LogP contribution >= 0.6 is 0 Å². The van der Waals surface area contributed by atoms with E-state index in [4.69, 9.17) is 37.9 Å². The average Bonchev–Trinajstić information content (AvgIpc) is 1.62. The summed E-state index contributed by atoms with van der Waals surface area (Å²) in [4.78, 5) is 53.6. The smallest absolute Gasteiger partial charge is 0.309 e. The Hall–Kier alpha value is -5.18. The number of ether oxygens (including phenoxy) is 8. The fourth-order valence-electron chi connectivity index (χ4n) is 15.9. The van der Waals surface area contributed by atoms with Crippen molar-refractivity contribution in [3.8, 4) is 0 Å². The number of nitrogens with zero attached hydrogens (tertiary/aromatic N) is 1. The van der Waals surface area contributed by atoms with Crippen LogP contribution in [0, 0.1) is 29.6 Å². The van der Waals surface area contributed by atoms with Crippen LogP contribution in [0.4, 0.5) is 5.69 Å². The zero-order valence-corrected chi connectivity index (χ0v) is 64.3. The van der Waals surface area contributed by atoms with Crippen LogP contribution in [0.3, 0.4) is 0 Å². The van der Waals surface area contributed by atoms with Crippen LogP contribution in [0.2, 0.25) is 0 Å². The third-order valence-electron chi connectivity index (χ3n) is 22.5. The van der Waals surface area contributed by atoms with Gasteiger partial charge >= 0.3 is 23.9 Å². The van der Waals surface area contributed by atoms with Gasteiger partial charge in [0.25, 0.3) is 0 Å². The summed E-state index contributed by atoms with van der Waals surface area (Å²) in [5, 5.41) is 82.3. The lowest BCUT2D eigenvalue weighted by atomic mass is 9.81. The van der Waals surface area contributed by atoms with E-state index in [0.29, 0.717) is 56.2 Å². The maximum Gasteiger partial charge on any atom is 0.309 e. The number of hydrogen-bond donors (Lipinski definition) is 9. The van der Waals surface area contributed by atoms with Gasteiger partial charge in [0.05, 0.1) is 67.2 Å². The summed E-state index contributed by atoms with van der Waals surface area (Å²) >= 11 is 0. The lowest BCUT2D eigenvalue weighted by Gasteiger charge is -2.42. The number of aliphatic hydroxyl groups is 6. The molecule has 103 heavy (non-hydrogen) atoms. The van der Waals surface area contributed by atoms with Gasteiger partial charge in [0, 0.05) is 89.6 Å². The van der Waals surface area contributed by atoms with Gasteiger partial charge in [-0.2, -0.15) is 0 Å². The fourth-order valence-corrected chi connectivity index (χ4v) is 15.9. The molecule has 9 N–H and O–H groups in total. The number of allylic oxidation sites excluding steroid dienone is 4. The van der Waals surface area contributed by atoms with Crippen molar-refractivity contribution in [2.24, 2.45) is 29.6 Å². The topological polar surface area (TPSA) is 309 Å².